The maximum Gasteiger partial charge on any atom is 0.242 e. The van der Waals surface area contributed by atoms with Gasteiger partial charge < -0.3 is 5.32 Å². The van der Waals surface area contributed by atoms with Crippen molar-refractivity contribution in [2.45, 2.75) is 26.7 Å². The number of fused-ring (bicyclic) bond motifs is 3. The van der Waals surface area contributed by atoms with Crippen molar-refractivity contribution in [2.75, 3.05) is 6.54 Å². The Morgan fingerprint density at radius 3 is 2.48 bits per heavy atom. The van der Waals surface area contributed by atoms with Gasteiger partial charge in [0.1, 0.15) is 5.70 Å². The standard InChI is InChI=1S/C30H22N12.C2H6/c1-3-11-33-22(6-1)26-35-14-16-40(26)28-37-29(41-17-15-36-27(41)23-7-2-4-12-34-23)39-30(38-28)42-24-8-5-10-31-18-20(24)21-19-32-13-9-25(21)42;1-2/h1,3,6-10,12-19,33H,2,4,11H2;1-2H3. The minimum atomic E-state index is 0.390. The molecule has 0 amide bonds. The molecule has 8 rings (SSSR count). The fourth-order valence-corrected chi connectivity index (χ4v) is 5.19. The smallest absolute Gasteiger partial charge is 0.242 e. The van der Waals surface area contributed by atoms with E-state index < -0.39 is 0 Å². The van der Waals surface area contributed by atoms with Crippen molar-refractivity contribution >= 4 is 40.8 Å². The number of imidazole rings is 2. The number of rotatable bonds is 5. The summed E-state index contributed by atoms with van der Waals surface area (Å²) in [6, 6.07) is 1.94. The van der Waals surface area contributed by atoms with Crippen LogP contribution in [0.15, 0.2) is 89.5 Å². The molecule has 216 valence electrons. The molecule has 0 unspecified atom stereocenters. The minimum absolute atomic E-state index is 0.390. The lowest BCUT2D eigenvalue weighted by molar-refractivity contribution is 0.789. The average molecular weight is 581 g/mol. The number of pyridine rings is 1. The Balaban J connectivity index is 0.00000153. The van der Waals surface area contributed by atoms with E-state index >= 15 is 0 Å². The summed E-state index contributed by atoms with van der Waals surface area (Å²) in [5, 5.41) is 4.30. The van der Waals surface area contributed by atoms with E-state index in [-0.39, 0.29) is 0 Å². The summed E-state index contributed by atoms with van der Waals surface area (Å²) < 4.78 is 5.67. The highest BCUT2D eigenvalue weighted by molar-refractivity contribution is 6.04. The SMILES string of the molecule is C1=CN=Cc2c(n(-c3nc(-n4ccnc4C4=CCCC=N4)nc(-n4ccnc4C4=CC=CCN4)n3)c3ccncc23)C=1.CC. The predicted octanol–water partition coefficient (Wildman–Crippen LogP) is 4.87. The van der Waals surface area contributed by atoms with Crippen LogP contribution in [0, 0.1) is 0 Å². The summed E-state index contributed by atoms with van der Waals surface area (Å²) in [6.07, 6.45) is 27.8. The number of aliphatic imine (C=N–C) groups is 2. The Kier molecular flexibility index (Phi) is 7.15. The van der Waals surface area contributed by atoms with Crippen LogP contribution in [0.25, 0.3) is 46.2 Å². The zero-order chi connectivity index (χ0) is 29.9. The van der Waals surface area contributed by atoms with Gasteiger partial charge in [-0.1, -0.05) is 37.8 Å². The lowest BCUT2D eigenvalue weighted by atomic mass is 10.2. The quantitative estimate of drug-likeness (QED) is 0.294. The fourth-order valence-electron chi connectivity index (χ4n) is 5.19. The molecule has 5 aromatic heterocycles. The Morgan fingerprint density at radius 1 is 0.909 bits per heavy atom. The highest BCUT2D eigenvalue weighted by atomic mass is 15.3. The first-order chi connectivity index (χ1) is 21.8. The summed E-state index contributed by atoms with van der Waals surface area (Å²) in [6.45, 7) is 4.71. The van der Waals surface area contributed by atoms with E-state index in [1.807, 2.05) is 82.7 Å². The molecule has 3 aliphatic rings. The molecule has 0 spiro atoms. The van der Waals surface area contributed by atoms with E-state index in [2.05, 4.69) is 42.1 Å². The van der Waals surface area contributed by atoms with Crippen molar-refractivity contribution in [1.82, 2.24) is 48.9 Å². The van der Waals surface area contributed by atoms with Crippen LogP contribution < -0.4 is 5.32 Å². The third-order valence-corrected chi connectivity index (χ3v) is 7.07. The normalized spacial score (nSPS) is 14.9. The molecule has 0 fully saturated rings. The van der Waals surface area contributed by atoms with Crippen LogP contribution in [-0.2, 0) is 0 Å². The number of hydrogen-bond donors (Lipinski definition) is 1. The van der Waals surface area contributed by atoms with Crippen LogP contribution in [0.3, 0.4) is 0 Å². The summed E-state index contributed by atoms with van der Waals surface area (Å²) in [5.41, 5.74) is 7.38. The molecule has 0 radical (unpaired) electrons. The van der Waals surface area contributed by atoms with Gasteiger partial charge in [0.25, 0.3) is 0 Å². The van der Waals surface area contributed by atoms with E-state index in [4.69, 9.17) is 15.0 Å². The number of dihydropyridines is 1. The molecule has 3 aliphatic heterocycles. The Bertz CT molecular complexity index is 2090. The predicted molar refractivity (Wildman–Crippen MR) is 171 cm³/mol. The van der Waals surface area contributed by atoms with Gasteiger partial charge in [0.15, 0.2) is 11.6 Å². The van der Waals surface area contributed by atoms with Gasteiger partial charge in [0, 0.05) is 73.2 Å². The van der Waals surface area contributed by atoms with Crippen LogP contribution in [0.4, 0.5) is 0 Å². The highest BCUT2D eigenvalue weighted by Gasteiger charge is 2.23. The van der Waals surface area contributed by atoms with Gasteiger partial charge >= 0.3 is 0 Å². The van der Waals surface area contributed by atoms with E-state index in [1.165, 1.54) is 0 Å². The molecule has 1 N–H and O–H groups in total. The maximum atomic E-state index is 5.00. The monoisotopic (exact) mass is 580 g/mol. The first kappa shape index (κ1) is 26.9. The molecule has 0 atom stereocenters. The summed E-state index contributed by atoms with van der Waals surface area (Å²) in [4.78, 5) is 37.5. The third-order valence-electron chi connectivity index (χ3n) is 7.07. The van der Waals surface area contributed by atoms with Crippen molar-refractivity contribution in [3.63, 3.8) is 0 Å². The van der Waals surface area contributed by atoms with Gasteiger partial charge in [-0.25, -0.2) is 9.97 Å². The molecule has 0 aromatic carbocycles. The zero-order valence-corrected chi connectivity index (χ0v) is 24.2. The minimum Gasteiger partial charge on any atom is -0.379 e. The lowest BCUT2D eigenvalue weighted by Crippen LogP contribution is -2.19. The first-order valence-electron chi connectivity index (χ1n) is 14.5. The van der Waals surface area contributed by atoms with Gasteiger partial charge in [-0.15, -0.1) is 0 Å². The summed E-state index contributed by atoms with van der Waals surface area (Å²) in [5.74, 6) is 2.53. The van der Waals surface area contributed by atoms with Crippen molar-refractivity contribution in [3.05, 3.63) is 102 Å². The molecular formula is C32H28N12. The number of nitrogens with one attached hydrogen (secondary N) is 1. The fraction of sp³-hybridized carbons (Fsp3) is 0.156. The van der Waals surface area contributed by atoms with E-state index in [9.17, 15) is 0 Å². The molecular weight excluding hydrogens is 552 g/mol. The maximum absolute atomic E-state index is 5.00. The molecule has 5 aromatic rings. The summed E-state index contributed by atoms with van der Waals surface area (Å²) in [7, 11) is 0. The first-order valence-corrected chi connectivity index (χ1v) is 14.5. The van der Waals surface area contributed by atoms with Crippen LogP contribution in [-0.4, -0.2) is 62.6 Å². The highest BCUT2D eigenvalue weighted by Crippen LogP contribution is 2.30. The molecule has 12 nitrogen and oxygen atoms in total. The Labute approximate surface area is 253 Å². The third kappa shape index (κ3) is 4.69. The molecule has 0 aliphatic carbocycles. The lowest BCUT2D eigenvalue weighted by Gasteiger charge is -2.16. The number of allylic oxidation sites excluding steroid dienone is 3. The van der Waals surface area contributed by atoms with Crippen molar-refractivity contribution in [3.8, 4) is 17.8 Å². The van der Waals surface area contributed by atoms with Crippen LogP contribution in [0.2, 0.25) is 0 Å². The Hall–Kier alpha value is -6.00. The van der Waals surface area contributed by atoms with Gasteiger partial charge in [-0.3, -0.25) is 28.7 Å². The van der Waals surface area contributed by atoms with Gasteiger partial charge in [-0.05, 0) is 25.0 Å². The second kappa shape index (κ2) is 11.7. The van der Waals surface area contributed by atoms with Crippen molar-refractivity contribution < 1.29 is 0 Å². The van der Waals surface area contributed by atoms with Crippen LogP contribution >= 0.6 is 0 Å². The van der Waals surface area contributed by atoms with Crippen LogP contribution in [0.5, 0.6) is 0 Å². The molecule has 8 heterocycles. The second-order valence-corrected chi connectivity index (χ2v) is 9.59. The van der Waals surface area contributed by atoms with Gasteiger partial charge in [0.2, 0.25) is 17.8 Å². The van der Waals surface area contributed by atoms with Crippen molar-refractivity contribution in [2.24, 2.45) is 9.98 Å². The molecule has 0 bridgehead atoms. The van der Waals surface area contributed by atoms with E-state index in [0.717, 1.165) is 46.4 Å². The van der Waals surface area contributed by atoms with Gasteiger partial charge in [0.05, 0.1) is 23.1 Å². The molecule has 0 saturated carbocycles. The van der Waals surface area contributed by atoms with Crippen LogP contribution in [0.1, 0.15) is 49.6 Å². The number of aromatic nitrogens is 9. The Morgan fingerprint density at radius 2 is 1.70 bits per heavy atom. The molecule has 0 saturated heterocycles. The van der Waals surface area contributed by atoms with Crippen molar-refractivity contribution in [1.29, 1.82) is 0 Å². The zero-order valence-electron chi connectivity index (χ0n) is 24.2. The number of hydrogen-bond acceptors (Lipinski definition) is 9. The topological polar surface area (TPSA) is 129 Å². The molecule has 12 heteroatoms. The van der Waals surface area contributed by atoms with E-state index in [1.54, 1.807) is 31.0 Å². The van der Waals surface area contributed by atoms with E-state index in [0.29, 0.717) is 36.0 Å². The second-order valence-electron chi connectivity index (χ2n) is 9.59. The largest absolute Gasteiger partial charge is 0.379 e. The van der Waals surface area contributed by atoms with Gasteiger partial charge in [-0.2, -0.15) is 15.0 Å². The number of nitrogens with zero attached hydrogens (tertiary/aromatic N) is 11. The average Bonchev–Trinajstić information content (AvgIpc) is 3.81. The molecule has 44 heavy (non-hydrogen) atoms. The summed E-state index contributed by atoms with van der Waals surface area (Å²) >= 11 is 0.